The maximum absolute atomic E-state index is 12.9. The van der Waals surface area contributed by atoms with Crippen LogP contribution in [0, 0.1) is 0 Å². The smallest absolute Gasteiger partial charge is 0.203 e. The highest BCUT2D eigenvalue weighted by Crippen LogP contribution is 2.38. The maximum atomic E-state index is 12.9. The molecule has 0 aliphatic carbocycles. The molecule has 0 spiro atoms. The second kappa shape index (κ2) is 10.9. The van der Waals surface area contributed by atoms with Crippen LogP contribution in [0.3, 0.4) is 0 Å². The number of hydrogen-bond donors (Lipinski definition) is 4. The van der Waals surface area contributed by atoms with Gasteiger partial charge in [0.15, 0.2) is 17.3 Å². The molecule has 2 aromatic carbocycles. The highest BCUT2D eigenvalue weighted by molar-refractivity contribution is 6.09. The number of aryl methyl sites for hydroxylation is 1. The normalized spacial score (nSPS) is 14.0. The summed E-state index contributed by atoms with van der Waals surface area (Å²) >= 11 is 0. The first-order chi connectivity index (χ1) is 14.4. The van der Waals surface area contributed by atoms with Crippen molar-refractivity contribution in [2.75, 3.05) is 27.9 Å². The van der Waals surface area contributed by atoms with Gasteiger partial charge in [0.2, 0.25) is 5.75 Å². The van der Waals surface area contributed by atoms with Crippen molar-refractivity contribution in [1.82, 2.24) is 0 Å². The lowest BCUT2D eigenvalue weighted by Gasteiger charge is -2.21. The minimum absolute atomic E-state index is 0.193. The van der Waals surface area contributed by atoms with E-state index >= 15 is 0 Å². The van der Waals surface area contributed by atoms with Gasteiger partial charge in [-0.25, -0.2) is 0 Å². The first-order valence-electron chi connectivity index (χ1n) is 9.44. The van der Waals surface area contributed by atoms with Crippen LogP contribution in [0.2, 0.25) is 0 Å². The van der Waals surface area contributed by atoms with E-state index in [1.165, 1.54) is 21.3 Å². The number of carbonyl (C=O) groups excluding carboxylic acids is 1. The fourth-order valence-electron chi connectivity index (χ4n) is 3.05. The fraction of sp³-hybridized carbons (Fsp3) is 0.409. The lowest BCUT2D eigenvalue weighted by atomic mass is 9.97. The van der Waals surface area contributed by atoms with Crippen LogP contribution in [-0.2, 0) is 6.42 Å². The number of carbonyl (C=O) groups is 1. The summed E-state index contributed by atoms with van der Waals surface area (Å²) in [7, 11) is 4.44. The molecule has 30 heavy (non-hydrogen) atoms. The van der Waals surface area contributed by atoms with E-state index in [4.69, 9.17) is 19.3 Å². The minimum Gasteiger partial charge on any atom is -0.493 e. The predicted octanol–water partition coefficient (Wildman–Crippen LogP) is 0.951. The van der Waals surface area contributed by atoms with E-state index in [0.717, 1.165) is 5.56 Å². The van der Waals surface area contributed by atoms with Gasteiger partial charge < -0.3 is 34.6 Å². The molecule has 0 radical (unpaired) electrons. The van der Waals surface area contributed by atoms with Crippen LogP contribution in [0.4, 0.5) is 0 Å². The average molecular weight is 420 g/mol. The zero-order valence-corrected chi connectivity index (χ0v) is 17.2. The van der Waals surface area contributed by atoms with Crippen molar-refractivity contribution in [3.8, 4) is 17.2 Å². The summed E-state index contributed by atoms with van der Waals surface area (Å²) < 4.78 is 15.8. The van der Waals surface area contributed by atoms with Crippen LogP contribution in [0.15, 0.2) is 36.4 Å². The van der Waals surface area contributed by atoms with Gasteiger partial charge in [0, 0.05) is 11.1 Å². The number of ketones is 1. The Kier molecular flexibility index (Phi) is 8.61. The summed E-state index contributed by atoms with van der Waals surface area (Å²) in [6.07, 6.45) is -3.37. The number of aliphatic hydroxyl groups excluding tert-OH is 4. The van der Waals surface area contributed by atoms with E-state index in [0.29, 0.717) is 34.8 Å². The summed E-state index contributed by atoms with van der Waals surface area (Å²) in [6, 6.07) is 10.0. The largest absolute Gasteiger partial charge is 0.493 e. The van der Waals surface area contributed by atoms with Gasteiger partial charge in [0.05, 0.1) is 34.0 Å². The molecule has 0 fully saturated rings. The molecule has 0 aliphatic rings. The lowest BCUT2D eigenvalue weighted by Crippen LogP contribution is -2.39. The molecule has 0 aliphatic heterocycles. The molecular formula is C22H28O8. The second-order valence-corrected chi connectivity index (χ2v) is 6.79. The number of methoxy groups -OCH3 is 3. The third-order valence-electron chi connectivity index (χ3n) is 4.85. The molecule has 0 heterocycles. The molecule has 8 nitrogen and oxygen atoms in total. The predicted molar refractivity (Wildman–Crippen MR) is 109 cm³/mol. The summed E-state index contributed by atoms with van der Waals surface area (Å²) in [5.74, 6) is 0.949. The lowest BCUT2D eigenvalue weighted by molar-refractivity contribution is -0.0780. The molecule has 2 rings (SSSR count). The minimum atomic E-state index is -1.42. The zero-order valence-electron chi connectivity index (χ0n) is 17.2. The van der Waals surface area contributed by atoms with Crippen molar-refractivity contribution in [2.45, 2.75) is 31.2 Å². The van der Waals surface area contributed by atoms with Gasteiger partial charge in [-0.05, 0) is 30.5 Å². The monoisotopic (exact) mass is 420 g/mol. The van der Waals surface area contributed by atoms with Crippen molar-refractivity contribution in [3.63, 3.8) is 0 Å². The molecule has 0 unspecified atom stereocenters. The molecule has 0 saturated carbocycles. The highest BCUT2D eigenvalue weighted by atomic mass is 16.5. The van der Waals surface area contributed by atoms with Crippen LogP contribution in [0.1, 0.15) is 27.9 Å². The van der Waals surface area contributed by atoms with Crippen molar-refractivity contribution in [1.29, 1.82) is 0 Å². The molecule has 8 heteroatoms. The molecule has 0 amide bonds. The van der Waals surface area contributed by atoms with Gasteiger partial charge in [0.1, 0.15) is 12.2 Å². The molecule has 2 aromatic rings. The standard InChI is InChI=1S/C22H28O8/c1-28-18-10-15(11-19(29-2)22(18)30-3)20(26)14-7-4-13(5-8-14)6-9-16(24)21(27)17(25)12-23/h4-5,7-8,10-11,16-17,21,23-25,27H,6,9,12H2,1-3H3/t16-,17-,21+/m1/s1. The first-order valence-corrected chi connectivity index (χ1v) is 9.44. The highest BCUT2D eigenvalue weighted by Gasteiger charge is 2.23. The van der Waals surface area contributed by atoms with Gasteiger partial charge in [0.25, 0.3) is 0 Å². The van der Waals surface area contributed by atoms with E-state index in [1.54, 1.807) is 36.4 Å². The SMILES string of the molecule is COc1cc(C(=O)c2ccc(CC[C@@H](O)[C@H](O)[C@H](O)CO)cc2)cc(OC)c1OC. The Balaban J connectivity index is 2.12. The molecule has 0 aromatic heterocycles. The summed E-state index contributed by atoms with van der Waals surface area (Å²) in [5, 5.41) is 37.8. The first kappa shape index (κ1) is 23.6. The van der Waals surface area contributed by atoms with Gasteiger partial charge >= 0.3 is 0 Å². The Bertz CT molecular complexity index is 809. The fourth-order valence-corrected chi connectivity index (χ4v) is 3.05. The van der Waals surface area contributed by atoms with E-state index in [-0.39, 0.29) is 12.2 Å². The quantitative estimate of drug-likeness (QED) is 0.396. The topological polar surface area (TPSA) is 126 Å². The number of hydrogen-bond acceptors (Lipinski definition) is 8. The number of aliphatic hydroxyl groups is 4. The van der Waals surface area contributed by atoms with Crippen LogP contribution in [0.25, 0.3) is 0 Å². The van der Waals surface area contributed by atoms with Crippen LogP contribution < -0.4 is 14.2 Å². The van der Waals surface area contributed by atoms with Gasteiger partial charge in [-0.3, -0.25) is 4.79 Å². The van der Waals surface area contributed by atoms with Crippen molar-refractivity contribution >= 4 is 5.78 Å². The molecule has 3 atom stereocenters. The van der Waals surface area contributed by atoms with Gasteiger partial charge in [-0.15, -0.1) is 0 Å². The van der Waals surface area contributed by atoms with Gasteiger partial charge in [-0.2, -0.15) is 0 Å². The van der Waals surface area contributed by atoms with Crippen LogP contribution in [-0.4, -0.2) is 72.5 Å². The van der Waals surface area contributed by atoms with Crippen molar-refractivity contribution in [2.24, 2.45) is 0 Å². The summed E-state index contributed by atoms with van der Waals surface area (Å²) in [5.41, 5.74) is 1.69. The molecule has 0 bridgehead atoms. The van der Waals surface area contributed by atoms with Gasteiger partial charge in [-0.1, -0.05) is 24.3 Å². The second-order valence-electron chi connectivity index (χ2n) is 6.79. The van der Waals surface area contributed by atoms with E-state index in [1.807, 2.05) is 0 Å². The number of rotatable bonds is 11. The summed E-state index contributed by atoms with van der Waals surface area (Å²) in [6.45, 7) is -0.629. The number of ether oxygens (including phenoxy) is 3. The van der Waals surface area contributed by atoms with E-state index < -0.39 is 24.9 Å². The Morgan fingerprint density at radius 1 is 0.867 bits per heavy atom. The maximum Gasteiger partial charge on any atom is 0.203 e. The van der Waals surface area contributed by atoms with E-state index in [2.05, 4.69) is 0 Å². The molecular weight excluding hydrogens is 392 g/mol. The molecule has 0 saturated heterocycles. The Labute approximate surface area is 175 Å². The number of benzene rings is 2. The van der Waals surface area contributed by atoms with Crippen molar-refractivity contribution < 1.29 is 39.4 Å². The Morgan fingerprint density at radius 3 is 1.90 bits per heavy atom. The van der Waals surface area contributed by atoms with Crippen LogP contribution in [0.5, 0.6) is 17.2 Å². The third-order valence-corrected chi connectivity index (χ3v) is 4.85. The Morgan fingerprint density at radius 2 is 1.43 bits per heavy atom. The molecule has 164 valence electrons. The average Bonchev–Trinajstić information content (AvgIpc) is 2.80. The van der Waals surface area contributed by atoms with E-state index in [9.17, 15) is 20.1 Å². The Hall–Kier alpha value is -2.65. The third kappa shape index (κ3) is 5.48. The van der Waals surface area contributed by atoms with Crippen molar-refractivity contribution in [3.05, 3.63) is 53.1 Å². The summed E-state index contributed by atoms with van der Waals surface area (Å²) in [4.78, 5) is 12.9. The van der Waals surface area contributed by atoms with Crippen LogP contribution >= 0.6 is 0 Å². The zero-order chi connectivity index (χ0) is 22.3. The molecule has 4 N–H and O–H groups in total.